The Bertz CT molecular complexity index is 629. The summed E-state index contributed by atoms with van der Waals surface area (Å²) in [6.45, 7) is 6.83. The quantitative estimate of drug-likeness (QED) is 0.770. The fraction of sp³-hybridized carbons (Fsp3) is 0.529. The van der Waals surface area contributed by atoms with Crippen LogP contribution in [0.1, 0.15) is 44.0 Å². The van der Waals surface area contributed by atoms with E-state index in [1.165, 1.54) is 27.7 Å². The number of hydrogen-bond donors (Lipinski definition) is 1. The predicted octanol–water partition coefficient (Wildman–Crippen LogP) is 3.29. The Labute approximate surface area is 115 Å². The average molecular weight is 256 g/mol. The summed E-state index contributed by atoms with van der Waals surface area (Å²) in [6.07, 6.45) is 3.26. The second-order valence-electron chi connectivity index (χ2n) is 6.97. The van der Waals surface area contributed by atoms with Gasteiger partial charge < -0.3 is 10.3 Å². The summed E-state index contributed by atoms with van der Waals surface area (Å²) in [5, 5.41) is 1.44. The molecule has 0 spiro atoms. The zero-order valence-electron chi connectivity index (χ0n) is 12.5. The van der Waals surface area contributed by atoms with Crippen LogP contribution in [0.5, 0.6) is 0 Å². The third-order valence-electron chi connectivity index (χ3n) is 4.52. The van der Waals surface area contributed by atoms with Crippen molar-refractivity contribution < 1.29 is 0 Å². The molecule has 0 fully saturated rings. The Balaban J connectivity index is 2.24. The zero-order chi connectivity index (χ0) is 13.8. The first-order valence-electron chi connectivity index (χ1n) is 7.24. The van der Waals surface area contributed by atoms with Crippen molar-refractivity contribution >= 4 is 10.9 Å². The molecule has 1 aliphatic carbocycles. The van der Waals surface area contributed by atoms with Gasteiger partial charge in [0.2, 0.25) is 0 Å². The fourth-order valence-electron chi connectivity index (χ4n) is 3.26. The molecule has 1 aromatic heterocycles. The first kappa shape index (κ1) is 12.7. The van der Waals surface area contributed by atoms with Crippen LogP contribution in [0.2, 0.25) is 0 Å². The standard InChI is InChI=1S/C17H24N2/c1-17(2,3)11-5-8-15-14(9-11)13-7-6-12(18)10-16(13)19(15)4/h5,8-9,12H,6-7,10,18H2,1-4H3. The first-order valence-corrected chi connectivity index (χ1v) is 7.24. The summed E-state index contributed by atoms with van der Waals surface area (Å²) in [6, 6.07) is 7.27. The molecular weight excluding hydrogens is 232 g/mol. The van der Waals surface area contributed by atoms with Gasteiger partial charge in [0.1, 0.15) is 0 Å². The molecule has 1 atom stereocenters. The molecule has 1 aliphatic rings. The molecule has 3 rings (SSSR count). The summed E-state index contributed by atoms with van der Waals surface area (Å²) in [5.74, 6) is 0. The molecule has 0 saturated heterocycles. The van der Waals surface area contributed by atoms with Gasteiger partial charge in [-0.15, -0.1) is 0 Å². The second kappa shape index (κ2) is 4.11. The second-order valence-corrected chi connectivity index (χ2v) is 6.97. The topological polar surface area (TPSA) is 30.9 Å². The third-order valence-corrected chi connectivity index (χ3v) is 4.52. The third kappa shape index (κ3) is 1.99. The minimum absolute atomic E-state index is 0.210. The Morgan fingerprint density at radius 3 is 2.68 bits per heavy atom. The van der Waals surface area contributed by atoms with Gasteiger partial charge in [0.15, 0.2) is 0 Å². The molecule has 0 amide bonds. The average Bonchev–Trinajstić information content (AvgIpc) is 2.61. The lowest BCUT2D eigenvalue weighted by Gasteiger charge is -2.20. The molecule has 102 valence electrons. The molecule has 2 aromatic rings. The molecule has 2 N–H and O–H groups in total. The molecule has 1 heterocycles. The molecule has 19 heavy (non-hydrogen) atoms. The highest BCUT2D eigenvalue weighted by Crippen LogP contribution is 2.34. The first-order chi connectivity index (χ1) is 8.88. The van der Waals surface area contributed by atoms with Gasteiger partial charge in [0.05, 0.1) is 0 Å². The van der Waals surface area contributed by atoms with E-state index in [2.05, 4.69) is 50.6 Å². The van der Waals surface area contributed by atoms with Gasteiger partial charge in [-0.3, -0.25) is 0 Å². The van der Waals surface area contributed by atoms with Crippen LogP contribution in [0, 0.1) is 0 Å². The number of nitrogens with zero attached hydrogens (tertiary/aromatic N) is 1. The molecule has 0 aliphatic heterocycles. The lowest BCUT2D eigenvalue weighted by atomic mass is 9.85. The summed E-state index contributed by atoms with van der Waals surface area (Å²) < 4.78 is 2.34. The van der Waals surface area contributed by atoms with Crippen molar-refractivity contribution in [3.8, 4) is 0 Å². The number of hydrogen-bond acceptors (Lipinski definition) is 1. The maximum atomic E-state index is 6.13. The number of fused-ring (bicyclic) bond motifs is 3. The van der Waals surface area contributed by atoms with E-state index in [-0.39, 0.29) is 5.41 Å². The van der Waals surface area contributed by atoms with Crippen LogP contribution in [-0.2, 0) is 25.3 Å². The Morgan fingerprint density at radius 2 is 2.00 bits per heavy atom. The summed E-state index contributed by atoms with van der Waals surface area (Å²) in [4.78, 5) is 0. The lowest BCUT2D eigenvalue weighted by molar-refractivity contribution is 0.558. The van der Waals surface area contributed by atoms with E-state index in [1.54, 1.807) is 0 Å². The van der Waals surface area contributed by atoms with Crippen LogP contribution in [0.4, 0.5) is 0 Å². The maximum absolute atomic E-state index is 6.13. The van der Waals surface area contributed by atoms with Crippen LogP contribution in [0.15, 0.2) is 18.2 Å². The van der Waals surface area contributed by atoms with E-state index in [9.17, 15) is 0 Å². The minimum atomic E-state index is 0.210. The molecule has 1 unspecified atom stereocenters. The molecule has 0 radical (unpaired) electrons. The van der Waals surface area contributed by atoms with E-state index in [0.29, 0.717) is 6.04 Å². The van der Waals surface area contributed by atoms with Crippen LogP contribution in [0.3, 0.4) is 0 Å². The largest absolute Gasteiger partial charge is 0.347 e. The van der Waals surface area contributed by atoms with Crippen molar-refractivity contribution in [2.24, 2.45) is 12.8 Å². The van der Waals surface area contributed by atoms with Gasteiger partial charge in [-0.05, 0) is 41.5 Å². The zero-order valence-corrected chi connectivity index (χ0v) is 12.5. The van der Waals surface area contributed by atoms with Gasteiger partial charge in [0.25, 0.3) is 0 Å². The molecular formula is C17H24N2. The molecule has 0 saturated carbocycles. The Kier molecular flexibility index (Phi) is 2.75. The lowest BCUT2D eigenvalue weighted by Crippen LogP contribution is -2.28. The number of aryl methyl sites for hydroxylation is 2. The minimum Gasteiger partial charge on any atom is -0.347 e. The molecule has 2 heteroatoms. The van der Waals surface area contributed by atoms with Crippen molar-refractivity contribution in [3.05, 3.63) is 35.0 Å². The van der Waals surface area contributed by atoms with Crippen molar-refractivity contribution in [1.82, 2.24) is 4.57 Å². The Hall–Kier alpha value is -1.28. The van der Waals surface area contributed by atoms with Crippen LogP contribution >= 0.6 is 0 Å². The normalized spacial score (nSPS) is 19.7. The summed E-state index contributed by atoms with van der Waals surface area (Å²) in [7, 11) is 2.18. The highest BCUT2D eigenvalue weighted by Gasteiger charge is 2.23. The summed E-state index contributed by atoms with van der Waals surface area (Å²) >= 11 is 0. The summed E-state index contributed by atoms with van der Waals surface area (Å²) in [5.41, 5.74) is 12.1. The van der Waals surface area contributed by atoms with Gasteiger partial charge in [-0.2, -0.15) is 0 Å². The van der Waals surface area contributed by atoms with Crippen molar-refractivity contribution in [2.75, 3.05) is 0 Å². The van der Waals surface area contributed by atoms with Crippen molar-refractivity contribution in [1.29, 1.82) is 0 Å². The van der Waals surface area contributed by atoms with Crippen molar-refractivity contribution in [3.63, 3.8) is 0 Å². The number of nitrogens with two attached hydrogens (primary N) is 1. The number of rotatable bonds is 0. The van der Waals surface area contributed by atoms with Crippen molar-refractivity contribution in [2.45, 2.75) is 51.5 Å². The van der Waals surface area contributed by atoms with Crippen LogP contribution in [-0.4, -0.2) is 10.6 Å². The van der Waals surface area contributed by atoms with Crippen LogP contribution < -0.4 is 5.73 Å². The highest BCUT2D eigenvalue weighted by molar-refractivity contribution is 5.86. The van der Waals surface area contributed by atoms with Crippen LogP contribution in [0.25, 0.3) is 10.9 Å². The molecule has 1 aromatic carbocycles. The van der Waals surface area contributed by atoms with E-state index >= 15 is 0 Å². The van der Waals surface area contributed by atoms with Gasteiger partial charge in [-0.1, -0.05) is 26.8 Å². The maximum Gasteiger partial charge on any atom is 0.0482 e. The van der Waals surface area contributed by atoms with Gasteiger partial charge >= 0.3 is 0 Å². The van der Waals surface area contributed by atoms with E-state index in [1.807, 2.05) is 0 Å². The number of benzene rings is 1. The smallest absolute Gasteiger partial charge is 0.0482 e. The van der Waals surface area contributed by atoms with Gasteiger partial charge in [-0.25, -0.2) is 0 Å². The van der Waals surface area contributed by atoms with E-state index in [0.717, 1.165) is 19.3 Å². The highest BCUT2D eigenvalue weighted by atomic mass is 15.0. The predicted molar refractivity (Wildman–Crippen MR) is 81.6 cm³/mol. The van der Waals surface area contributed by atoms with E-state index in [4.69, 9.17) is 5.73 Å². The monoisotopic (exact) mass is 256 g/mol. The van der Waals surface area contributed by atoms with Gasteiger partial charge in [0, 0.05) is 36.1 Å². The fourth-order valence-corrected chi connectivity index (χ4v) is 3.26. The number of aromatic nitrogens is 1. The molecule has 2 nitrogen and oxygen atoms in total. The van der Waals surface area contributed by atoms with E-state index < -0.39 is 0 Å². The molecule has 0 bridgehead atoms. The Morgan fingerprint density at radius 1 is 1.26 bits per heavy atom. The SMILES string of the molecule is Cn1c2c(c3cc(C(C)(C)C)ccc31)CCC(N)C2.